The number of rotatable bonds is 21. The molecule has 52 heavy (non-hydrogen) atoms. The number of carbonyl (C=O) groups excluding carboxylic acids is 5. The van der Waals surface area contributed by atoms with E-state index in [0.717, 1.165) is 10.9 Å². The standard InChI is InChI=1S/C34H43N7O10S/c1-52-13-12-24(31(47)39-25(34(50)51)10-11-29(44)45)38-33(49)27(15-19-17-37-23-5-3-2-4-21(19)23)41-32(48)26(14-18-6-8-20(42)9-7-18)40-30(46)22(35)16-28(36)43/h2-9,17,22,24-27,37,42H,10-16,35H2,1H3,(H2,36,43)(H,38,49)(H,39,47)(H,40,46)(H,41,48)(H,44,45)(H,50,51)/t22-,24-,25-,26-,27-/m0/s1. The summed E-state index contributed by atoms with van der Waals surface area (Å²) in [6.45, 7) is 0. The number of fused-ring (bicyclic) bond motifs is 1. The van der Waals surface area contributed by atoms with E-state index in [4.69, 9.17) is 16.6 Å². The maximum atomic E-state index is 14.0. The van der Waals surface area contributed by atoms with Crippen LogP contribution in [-0.4, -0.2) is 104 Å². The van der Waals surface area contributed by atoms with Crippen molar-refractivity contribution < 1.29 is 48.9 Å². The third-order valence-corrected chi connectivity index (χ3v) is 8.65. The zero-order valence-electron chi connectivity index (χ0n) is 28.3. The molecule has 0 aliphatic carbocycles. The van der Waals surface area contributed by atoms with Crippen LogP contribution in [-0.2, 0) is 46.4 Å². The van der Waals surface area contributed by atoms with Gasteiger partial charge in [0, 0.05) is 36.4 Å². The normalized spacial score (nSPS) is 13.9. The number of carboxylic acid groups (broad SMARTS) is 2. The number of amides is 5. The number of H-pyrrole nitrogens is 1. The molecule has 5 amide bonds. The lowest BCUT2D eigenvalue weighted by molar-refractivity contribution is -0.143. The topological polar surface area (TPSA) is 296 Å². The first-order valence-electron chi connectivity index (χ1n) is 16.2. The smallest absolute Gasteiger partial charge is 0.326 e. The second-order valence-corrected chi connectivity index (χ2v) is 13.0. The molecule has 0 fully saturated rings. The number of aromatic hydroxyl groups is 1. The molecule has 3 aromatic rings. The highest BCUT2D eigenvalue weighted by molar-refractivity contribution is 7.98. The van der Waals surface area contributed by atoms with E-state index in [9.17, 15) is 43.8 Å². The number of nitrogens with one attached hydrogen (secondary N) is 5. The maximum absolute atomic E-state index is 14.0. The van der Waals surface area contributed by atoms with Crippen molar-refractivity contribution in [2.45, 2.75) is 68.7 Å². The van der Waals surface area contributed by atoms with Gasteiger partial charge in [-0.15, -0.1) is 0 Å². The van der Waals surface area contributed by atoms with Gasteiger partial charge in [-0.25, -0.2) is 4.79 Å². The first-order valence-corrected chi connectivity index (χ1v) is 17.6. The SMILES string of the molecule is CSCC[C@H](NC(=O)[C@H](Cc1c[nH]c2ccccc12)NC(=O)[C@H](Cc1ccc(O)cc1)NC(=O)[C@@H](N)CC(N)=O)C(=O)N[C@@H](CCC(=O)O)C(=O)O. The Morgan fingerprint density at radius 2 is 1.35 bits per heavy atom. The molecule has 0 aliphatic heterocycles. The lowest BCUT2D eigenvalue weighted by Crippen LogP contribution is -2.59. The fraction of sp³-hybridized carbons (Fsp3) is 0.382. The van der Waals surface area contributed by atoms with E-state index in [1.807, 2.05) is 18.2 Å². The largest absolute Gasteiger partial charge is 0.508 e. The van der Waals surface area contributed by atoms with E-state index in [-0.39, 0.29) is 25.0 Å². The number of benzene rings is 2. The second-order valence-electron chi connectivity index (χ2n) is 12.0. The summed E-state index contributed by atoms with van der Waals surface area (Å²) in [6.07, 6.45) is 1.88. The van der Waals surface area contributed by atoms with Crippen LogP contribution >= 0.6 is 11.8 Å². The average molecular weight is 742 g/mol. The molecule has 1 aromatic heterocycles. The quantitative estimate of drug-likeness (QED) is 0.0661. The number of nitrogens with two attached hydrogens (primary N) is 2. The summed E-state index contributed by atoms with van der Waals surface area (Å²) in [5, 5.41) is 39.2. The molecule has 0 saturated heterocycles. The first-order chi connectivity index (χ1) is 24.7. The molecular weight excluding hydrogens is 698 g/mol. The van der Waals surface area contributed by atoms with Crippen molar-refractivity contribution in [2.24, 2.45) is 11.5 Å². The Balaban J connectivity index is 1.94. The van der Waals surface area contributed by atoms with Crippen LogP contribution in [0.1, 0.15) is 36.8 Å². The molecule has 12 N–H and O–H groups in total. The fourth-order valence-corrected chi connectivity index (χ4v) is 5.71. The number of aliphatic carboxylic acids is 2. The number of thioether (sulfide) groups is 1. The Morgan fingerprint density at radius 1 is 0.769 bits per heavy atom. The molecule has 3 rings (SSSR count). The van der Waals surface area contributed by atoms with Crippen molar-refractivity contribution >= 4 is 64.1 Å². The van der Waals surface area contributed by atoms with Gasteiger partial charge in [-0.3, -0.25) is 28.8 Å². The Bertz CT molecular complexity index is 1750. The molecule has 17 nitrogen and oxygen atoms in total. The number of primary amides is 1. The van der Waals surface area contributed by atoms with Crippen LogP contribution in [0.5, 0.6) is 5.75 Å². The summed E-state index contributed by atoms with van der Waals surface area (Å²) in [4.78, 5) is 91.6. The van der Waals surface area contributed by atoms with Crippen molar-refractivity contribution in [2.75, 3.05) is 12.0 Å². The average Bonchev–Trinajstić information content (AvgIpc) is 3.50. The molecule has 2 aromatic carbocycles. The third kappa shape index (κ3) is 12.6. The number of para-hydroxylation sites is 1. The first kappa shape index (κ1) is 40.8. The monoisotopic (exact) mass is 741 g/mol. The Hall–Kier alpha value is -5.62. The van der Waals surface area contributed by atoms with Crippen molar-refractivity contribution in [3.8, 4) is 5.75 Å². The van der Waals surface area contributed by atoms with Crippen LogP contribution in [0, 0.1) is 0 Å². The molecule has 0 bridgehead atoms. The molecule has 0 spiro atoms. The summed E-state index contributed by atoms with van der Waals surface area (Å²) in [5.41, 5.74) is 12.9. The number of aromatic nitrogens is 1. The molecule has 0 radical (unpaired) electrons. The predicted octanol–water partition coefficient (Wildman–Crippen LogP) is -0.497. The molecule has 280 valence electrons. The van der Waals surface area contributed by atoms with Gasteiger partial charge in [-0.05, 0) is 54.2 Å². The lowest BCUT2D eigenvalue weighted by atomic mass is 10.0. The molecule has 18 heteroatoms. The van der Waals surface area contributed by atoms with Gasteiger partial charge in [-0.2, -0.15) is 11.8 Å². The van der Waals surface area contributed by atoms with Gasteiger partial charge in [0.15, 0.2) is 0 Å². The van der Waals surface area contributed by atoms with Crippen LogP contribution < -0.4 is 32.7 Å². The predicted molar refractivity (Wildman–Crippen MR) is 191 cm³/mol. The molecule has 0 aliphatic rings. The Labute approximate surface area is 302 Å². The van der Waals surface area contributed by atoms with Crippen molar-refractivity contribution in [3.05, 3.63) is 65.9 Å². The molecule has 5 atom stereocenters. The number of hydrogen-bond acceptors (Lipinski definition) is 10. The minimum Gasteiger partial charge on any atom is -0.508 e. The lowest BCUT2D eigenvalue weighted by Gasteiger charge is -2.26. The van der Waals surface area contributed by atoms with Gasteiger partial charge in [-0.1, -0.05) is 30.3 Å². The van der Waals surface area contributed by atoms with Crippen molar-refractivity contribution in [1.82, 2.24) is 26.3 Å². The van der Waals surface area contributed by atoms with E-state index >= 15 is 0 Å². The third-order valence-electron chi connectivity index (χ3n) is 8.00. The minimum atomic E-state index is -1.54. The summed E-state index contributed by atoms with van der Waals surface area (Å²) in [5.74, 6) is -6.56. The molecule has 0 saturated carbocycles. The van der Waals surface area contributed by atoms with Crippen LogP contribution in [0.3, 0.4) is 0 Å². The van der Waals surface area contributed by atoms with Gasteiger partial charge in [0.2, 0.25) is 29.5 Å². The zero-order chi connectivity index (χ0) is 38.4. The van der Waals surface area contributed by atoms with Crippen LogP contribution in [0.25, 0.3) is 10.9 Å². The van der Waals surface area contributed by atoms with Gasteiger partial charge < -0.3 is 53.0 Å². The minimum absolute atomic E-state index is 0.0376. The van der Waals surface area contributed by atoms with Crippen LogP contribution in [0.15, 0.2) is 54.7 Å². The van der Waals surface area contributed by atoms with Gasteiger partial charge in [0.05, 0.1) is 12.5 Å². The van der Waals surface area contributed by atoms with Crippen molar-refractivity contribution in [1.29, 1.82) is 0 Å². The summed E-state index contributed by atoms with van der Waals surface area (Å²) in [6, 6.07) is 6.17. The highest BCUT2D eigenvalue weighted by atomic mass is 32.2. The van der Waals surface area contributed by atoms with E-state index in [0.29, 0.717) is 16.9 Å². The fourth-order valence-electron chi connectivity index (χ4n) is 5.24. The van der Waals surface area contributed by atoms with E-state index in [1.54, 1.807) is 18.5 Å². The van der Waals surface area contributed by atoms with E-state index in [2.05, 4.69) is 26.3 Å². The van der Waals surface area contributed by atoms with Gasteiger partial charge in [0.25, 0.3) is 0 Å². The highest BCUT2D eigenvalue weighted by Gasteiger charge is 2.33. The van der Waals surface area contributed by atoms with Crippen LogP contribution in [0.4, 0.5) is 0 Å². The zero-order valence-corrected chi connectivity index (χ0v) is 29.1. The Kier molecular flexibility index (Phi) is 15.4. The maximum Gasteiger partial charge on any atom is 0.326 e. The van der Waals surface area contributed by atoms with E-state index < -0.39 is 90.9 Å². The van der Waals surface area contributed by atoms with Crippen molar-refractivity contribution in [3.63, 3.8) is 0 Å². The summed E-state index contributed by atoms with van der Waals surface area (Å²) in [7, 11) is 0. The van der Waals surface area contributed by atoms with Gasteiger partial charge >= 0.3 is 11.9 Å². The summed E-state index contributed by atoms with van der Waals surface area (Å²) >= 11 is 1.36. The van der Waals surface area contributed by atoms with Crippen LogP contribution in [0.2, 0.25) is 0 Å². The Morgan fingerprint density at radius 3 is 1.96 bits per heavy atom. The number of carbonyl (C=O) groups is 7. The number of phenols is 1. The number of hydrogen-bond donors (Lipinski definition) is 10. The summed E-state index contributed by atoms with van der Waals surface area (Å²) < 4.78 is 0. The molecule has 0 unspecified atom stereocenters. The number of phenolic OH excluding ortho intramolecular Hbond substituents is 1. The number of aromatic amines is 1. The van der Waals surface area contributed by atoms with Gasteiger partial charge in [0.1, 0.15) is 29.9 Å². The molecule has 1 heterocycles. The molecular formula is C34H43N7O10S. The highest BCUT2D eigenvalue weighted by Crippen LogP contribution is 2.20. The second kappa shape index (κ2) is 19.7. The number of carboxylic acids is 2. The van der Waals surface area contributed by atoms with E-state index in [1.165, 1.54) is 36.0 Å².